The second-order valence-corrected chi connectivity index (χ2v) is 6.23. The van der Waals surface area contributed by atoms with Gasteiger partial charge in [-0.2, -0.15) is 0 Å². The van der Waals surface area contributed by atoms with E-state index in [1.54, 1.807) is 6.92 Å². The molecule has 1 N–H and O–H groups in total. The van der Waals surface area contributed by atoms with Gasteiger partial charge < -0.3 is 9.84 Å². The quantitative estimate of drug-likeness (QED) is 0.708. The van der Waals surface area contributed by atoms with Gasteiger partial charge in [-0.3, -0.25) is 4.79 Å². The van der Waals surface area contributed by atoms with Crippen molar-refractivity contribution in [3.8, 4) is 0 Å². The Labute approximate surface area is 102 Å². The maximum Gasteiger partial charge on any atom is 0.304 e. The molecule has 0 amide bonds. The summed E-state index contributed by atoms with van der Waals surface area (Å²) in [7, 11) is -3.46. The molecule has 1 rings (SSSR count). The van der Waals surface area contributed by atoms with Crippen molar-refractivity contribution in [1.29, 1.82) is 0 Å². The third-order valence-corrected chi connectivity index (χ3v) is 4.72. The Morgan fingerprint density at radius 3 is 2.71 bits per heavy atom. The number of rotatable bonds is 7. The van der Waals surface area contributed by atoms with Crippen molar-refractivity contribution in [2.24, 2.45) is 5.92 Å². The molecule has 0 radical (unpaired) electrons. The van der Waals surface area contributed by atoms with Gasteiger partial charge in [-0.25, -0.2) is 12.7 Å². The molecule has 1 aliphatic heterocycles. The Morgan fingerprint density at radius 2 is 2.24 bits per heavy atom. The largest absolute Gasteiger partial charge is 0.481 e. The van der Waals surface area contributed by atoms with Crippen LogP contribution in [0.15, 0.2) is 0 Å². The predicted octanol–water partition coefficient (Wildman–Crippen LogP) is 0.149. The highest BCUT2D eigenvalue weighted by molar-refractivity contribution is 7.89. The van der Waals surface area contributed by atoms with Gasteiger partial charge in [-0.05, 0) is 12.3 Å². The van der Waals surface area contributed by atoms with Crippen molar-refractivity contribution in [1.82, 2.24) is 4.31 Å². The van der Waals surface area contributed by atoms with Crippen LogP contribution in [-0.2, 0) is 19.6 Å². The molecular weight excluding hydrogens is 246 g/mol. The molecule has 1 aliphatic rings. The number of hydrogen-bond donors (Lipinski definition) is 1. The molecule has 7 heteroatoms. The summed E-state index contributed by atoms with van der Waals surface area (Å²) < 4.78 is 30.3. The average molecular weight is 265 g/mol. The van der Waals surface area contributed by atoms with Gasteiger partial charge in [0.2, 0.25) is 10.0 Å². The highest BCUT2D eigenvalue weighted by Gasteiger charge is 2.26. The van der Waals surface area contributed by atoms with E-state index in [1.807, 2.05) is 0 Å². The third kappa shape index (κ3) is 4.61. The zero-order chi connectivity index (χ0) is 12.9. The Morgan fingerprint density at radius 1 is 1.53 bits per heavy atom. The maximum absolute atomic E-state index is 11.9. The van der Waals surface area contributed by atoms with Crippen LogP contribution in [0.5, 0.6) is 0 Å². The summed E-state index contributed by atoms with van der Waals surface area (Å²) in [6.07, 6.45) is 0.519. The number of carbonyl (C=O) groups is 1. The van der Waals surface area contributed by atoms with E-state index in [0.717, 1.165) is 6.42 Å². The van der Waals surface area contributed by atoms with Crippen molar-refractivity contribution >= 4 is 16.0 Å². The van der Waals surface area contributed by atoms with Gasteiger partial charge in [0.1, 0.15) is 0 Å². The number of hydrogen-bond acceptors (Lipinski definition) is 4. The number of carboxylic acid groups (broad SMARTS) is 1. The van der Waals surface area contributed by atoms with Crippen molar-refractivity contribution < 1.29 is 23.1 Å². The molecule has 0 bridgehead atoms. The minimum atomic E-state index is -3.46. The van der Waals surface area contributed by atoms with Crippen molar-refractivity contribution in [2.45, 2.75) is 19.8 Å². The van der Waals surface area contributed by atoms with Crippen molar-refractivity contribution in [3.05, 3.63) is 0 Å². The van der Waals surface area contributed by atoms with Crippen LogP contribution < -0.4 is 0 Å². The lowest BCUT2D eigenvalue weighted by molar-refractivity contribution is -0.136. The zero-order valence-electron chi connectivity index (χ0n) is 9.96. The van der Waals surface area contributed by atoms with Crippen molar-refractivity contribution in [2.75, 3.05) is 32.1 Å². The molecule has 0 spiro atoms. The summed E-state index contributed by atoms with van der Waals surface area (Å²) in [6, 6.07) is 0. The second-order valence-electron chi connectivity index (χ2n) is 4.14. The summed E-state index contributed by atoms with van der Waals surface area (Å²) in [4.78, 5) is 10.4. The summed E-state index contributed by atoms with van der Waals surface area (Å²) in [5, 5.41) is 8.51. The fraction of sp³-hybridized carbons (Fsp3) is 0.900. The Kier molecular flexibility index (Phi) is 5.35. The maximum atomic E-state index is 11.9. The molecule has 1 atom stereocenters. The van der Waals surface area contributed by atoms with Gasteiger partial charge in [0, 0.05) is 19.7 Å². The lowest BCUT2D eigenvalue weighted by Gasteiger charge is -2.22. The summed E-state index contributed by atoms with van der Waals surface area (Å²) in [5.74, 6) is -1.19. The van der Waals surface area contributed by atoms with Gasteiger partial charge in [0.05, 0.1) is 18.8 Å². The second kappa shape index (κ2) is 6.32. The molecule has 0 aromatic rings. The van der Waals surface area contributed by atoms with E-state index in [1.165, 1.54) is 4.31 Å². The Balaban J connectivity index is 2.54. The molecule has 1 heterocycles. The van der Waals surface area contributed by atoms with Gasteiger partial charge in [0.25, 0.3) is 0 Å². The van der Waals surface area contributed by atoms with E-state index in [9.17, 15) is 13.2 Å². The number of aliphatic carboxylic acids is 1. The number of ether oxygens (including phenoxy) is 1. The minimum Gasteiger partial charge on any atom is -0.481 e. The van der Waals surface area contributed by atoms with Crippen LogP contribution in [-0.4, -0.2) is 55.9 Å². The summed E-state index contributed by atoms with van der Waals surface area (Å²) in [6.45, 7) is 3.83. The van der Waals surface area contributed by atoms with E-state index in [2.05, 4.69) is 0 Å². The third-order valence-electron chi connectivity index (χ3n) is 2.81. The average Bonchev–Trinajstić information content (AvgIpc) is 2.75. The monoisotopic (exact) mass is 265 g/mol. The van der Waals surface area contributed by atoms with E-state index in [-0.39, 0.29) is 18.1 Å². The molecule has 6 nitrogen and oxygen atoms in total. The van der Waals surface area contributed by atoms with Crippen LogP contribution in [0.25, 0.3) is 0 Å². The lowest BCUT2D eigenvalue weighted by Crippen LogP contribution is -2.37. The van der Waals surface area contributed by atoms with Gasteiger partial charge in [-0.15, -0.1) is 0 Å². The molecule has 1 fully saturated rings. The Bertz CT molecular complexity index is 348. The van der Waals surface area contributed by atoms with Crippen LogP contribution in [0.1, 0.15) is 19.8 Å². The SMILES string of the molecule is CCN(CC1CCOC1)S(=O)(=O)CCC(=O)O. The molecule has 17 heavy (non-hydrogen) atoms. The normalized spacial score (nSPS) is 20.9. The number of sulfonamides is 1. The molecule has 0 aliphatic carbocycles. The van der Waals surface area contributed by atoms with E-state index in [0.29, 0.717) is 26.3 Å². The van der Waals surface area contributed by atoms with E-state index < -0.39 is 16.0 Å². The van der Waals surface area contributed by atoms with Crippen LogP contribution in [0, 0.1) is 5.92 Å². The van der Waals surface area contributed by atoms with Crippen LogP contribution in [0.4, 0.5) is 0 Å². The van der Waals surface area contributed by atoms with Gasteiger partial charge in [-0.1, -0.05) is 6.92 Å². The molecule has 1 unspecified atom stereocenters. The first-order valence-corrected chi connectivity index (χ1v) is 7.34. The molecule has 0 aromatic carbocycles. The minimum absolute atomic E-state index is 0.231. The van der Waals surface area contributed by atoms with Gasteiger partial charge in [0.15, 0.2) is 0 Å². The molecule has 0 aromatic heterocycles. The lowest BCUT2D eigenvalue weighted by atomic mass is 10.1. The fourth-order valence-corrected chi connectivity index (χ4v) is 3.32. The van der Waals surface area contributed by atoms with E-state index in [4.69, 9.17) is 9.84 Å². The number of carboxylic acids is 1. The predicted molar refractivity (Wildman–Crippen MR) is 62.2 cm³/mol. The summed E-state index contributed by atoms with van der Waals surface area (Å²) in [5.41, 5.74) is 0. The standard InChI is InChI=1S/C10H19NO5S/c1-2-11(7-9-3-5-16-8-9)17(14,15)6-4-10(12)13/h9H,2-8H2,1H3,(H,12,13). The fourth-order valence-electron chi connectivity index (χ4n) is 1.80. The molecule has 0 saturated carbocycles. The highest BCUT2D eigenvalue weighted by atomic mass is 32.2. The van der Waals surface area contributed by atoms with Crippen LogP contribution >= 0.6 is 0 Å². The van der Waals surface area contributed by atoms with Crippen molar-refractivity contribution in [3.63, 3.8) is 0 Å². The van der Waals surface area contributed by atoms with Crippen LogP contribution in [0.2, 0.25) is 0 Å². The van der Waals surface area contributed by atoms with Gasteiger partial charge >= 0.3 is 5.97 Å². The first-order valence-electron chi connectivity index (χ1n) is 5.73. The molecule has 1 saturated heterocycles. The highest BCUT2D eigenvalue weighted by Crippen LogP contribution is 2.16. The topological polar surface area (TPSA) is 83.9 Å². The first-order chi connectivity index (χ1) is 7.95. The van der Waals surface area contributed by atoms with Crippen LogP contribution in [0.3, 0.4) is 0 Å². The molecular formula is C10H19NO5S. The Hall–Kier alpha value is -0.660. The number of nitrogens with zero attached hydrogens (tertiary/aromatic N) is 1. The first kappa shape index (κ1) is 14.4. The smallest absolute Gasteiger partial charge is 0.304 e. The summed E-state index contributed by atoms with van der Waals surface area (Å²) >= 11 is 0. The van der Waals surface area contributed by atoms with E-state index >= 15 is 0 Å². The molecule has 100 valence electrons. The zero-order valence-corrected chi connectivity index (χ0v) is 10.8.